The van der Waals surface area contributed by atoms with Crippen LogP contribution < -0.4 is 10.9 Å². The van der Waals surface area contributed by atoms with Crippen LogP contribution in [0.15, 0.2) is 29.1 Å². The number of halogens is 1. The van der Waals surface area contributed by atoms with Crippen molar-refractivity contribution in [2.45, 2.75) is 32.7 Å². The molecule has 0 radical (unpaired) electrons. The van der Waals surface area contributed by atoms with Gasteiger partial charge >= 0.3 is 0 Å². The highest BCUT2D eigenvalue weighted by Crippen LogP contribution is 2.06. The van der Waals surface area contributed by atoms with Crippen molar-refractivity contribution in [1.29, 1.82) is 0 Å². The van der Waals surface area contributed by atoms with Gasteiger partial charge < -0.3 is 5.32 Å². The fraction of sp³-hybridized carbons (Fsp3) is 0.357. The maximum atomic E-state index is 12.8. The van der Waals surface area contributed by atoms with Gasteiger partial charge in [-0.2, -0.15) is 0 Å². The van der Waals surface area contributed by atoms with Crippen LogP contribution in [0.3, 0.4) is 0 Å². The van der Waals surface area contributed by atoms with Gasteiger partial charge in [0.2, 0.25) is 5.95 Å². The number of anilines is 1. The number of nitrogens with one attached hydrogen (secondary N) is 2. The van der Waals surface area contributed by atoms with Crippen molar-refractivity contribution in [3.63, 3.8) is 0 Å². The van der Waals surface area contributed by atoms with Crippen LogP contribution in [-0.2, 0) is 6.42 Å². The van der Waals surface area contributed by atoms with Crippen molar-refractivity contribution < 1.29 is 4.39 Å². The first-order chi connectivity index (χ1) is 9.58. The summed E-state index contributed by atoms with van der Waals surface area (Å²) in [6.07, 6.45) is 1.24. The zero-order chi connectivity index (χ0) is 14.5. The maximum absolute atomic E-state index is 12.8. The third-order valence-electron chi connectivity index (χ3n) is 3.05. The highest BCUT2D eigenvalue weighted by Gasteiger charge is 2.07. The molecule has 0 bridgehead atoms. The Hall–Kier alpha value is -2.24. The molecular weight excluding hydrogens is 259 g/mol. The van der Waals surface area contributed by atoms with E-state index >= 15 is 0 Å². The monoisotopic (exact) mass is 276 g/mol. The Balaban J connectivity index is 2.13. The van der Waals surface area contributed by atoms with Gasteiger partial charge in [0.25, 0.3) is 5.56 Å². The van der Waals surface area contributed by atoms with Crippen LogP contribution in [0.25, 0.3) is 0 Å². The lowest BCUT2D eigenvalue weighted by molar-refractivity contribution is 0.627. The van der Waals surface area contributed by atoms with E-state index in [0.29, 0.717) is 18.1 Å². The lowest BCUT2D eigenvalue weighted by Crippen LogP contribution is -2.23. The van der Waals surface area contributed by atoms with Crippen LogP contribution in [0.4, 0.5) is 10.3 Å². The van der Waals surface area contributed by atoms with Gasteiger partial charge in [0.1, 0.15) is 11.5 Å². The zero-order valence-electron chi connectivity index (χ0n) is 11.5. The standard InChI is InChI=1S/C14H17FN4O/c1-3-9(2)16-14-17-13(20)12(18-19-14)8-10-4-6-11(15)7-5-10/h4-7,9H,3,8H2,1-2H3,(H2,16,17,19,20). The first-order valence-electron chi connectivity index (χ1n) is 6.55. The van der Waals surface area contributed by atoms with Gasteiger partial charge in [-0.1, -0.05) is 19.1 Å². The van der Waals surface area contributed by atoms with E-state index in [9.17, 15) is 9.18 Å². The molecule has 2 aromatic rings. The van der Waals surface area contributed by atoms with Crippen LogP contribution >= 0.6 is 0 Å². The fourth-order valence-electron chi connectivity index (χ4n) is 1.67. The molecule has 0 fully saturated rings. The summed E-state index contributed by atoms with van der Waals surface area (Å²) in [6, 6.07) is 6.18. The Labute approximate surface area is 116 Å². The second-order valence-corrected chi connectivity index (χ2v) is 4.71. The Bertz CT molecular complexity index is 624. The van der Waals surface area contributed by atoms with Crippen LogP contribution in [0.2, 0.25) is 0 Å². The topological polar surface area (TPSA) is 70.7 Å². The number of hydrogen-bond donors (Lipinski definition) is 2. The van der Waals surface area contributed by atoms with Crippen molar-refractivity contribution in [2.24, 2.45) is 0 Å². The highest BCUT2D eigenvalue weighted by molar-refractivity contribution is 5.25. The predicted octanol–water partition coefficient (Wildman–Crippen LogP) is 2.11. The van der Waals surface area contributed by atoms with Crippen molar-refractivity contribution >= 4 is 5.95 Å². The number of aromatic amines is 1. The summed E-state index contributed by atoms with van der Waals surface area (Å²) in [5, 5.41) is 10.9. The lowest BCUT2D eigenvalue weighted by Gasteiger charge is -2.10. The molecule has 0 saturated carbocycles. The molecule has 0 aliphatic rings. The zero-order valence-corrected chi connectivity index (χ0v) is 11.5. The molecule has 20 heavy (non-hydrogen) atoms. The average molecular weight is 276 g/mol. The van der Waals surface area contributed by atoms with Gasteiger partial charge in [-0.15, -0.1) is 10.2 Å². The second kappa shape index (κ2) is 6.27. The summed E-state index contributed by atoms with van der Waals surface area (Å²) in [5.41, 5.74) is 0.843. The van der Waals surface area contributed by atoms with E-state index in [4.69, 9.17) is 0 Å². The van der Waals surface area contributed by atoms with Crippen molar-refractivity contribution in [3.8, 4) is 0 Å². The van der Waals surface area contributed by atoms with Gasteiger partial charge in [-0.05, 0) is 31.0 Å². The summed E-state index contributed by atoms with van der Waals surface area (Å²) in [7, 11) is 0. The number of rotatable bonds is 5. The molecule has 1 aromatic carbocycles. The van der Waals surface area contributed by atoms with E-state index in [1.165, 1.54) is 12.1 Å². The van der Waals surface area contributed by atoms with E-state index in [0.717, 1.165) is 12.0 Å². The molecule has 6 heteroatoms. The molecule has 0 saturated heterocycles. The van der Waals surface area contributed by atoms with Crippen molar-refractivity contribution in [2.75, 3.05) is 5.32 Å². The molecule has 2 rings (SSSR count). The van der Waals surface area contributed by atoms with Gasteiger partial charge in [-0.3, -0.25) is 9.78 Å². The summed E-state index contributed by atoms with van der Waals surface area (Å²) in [6.45, 7) is 4.03. The normalized spacial score (nSPS) is 12.2. The van der Waals surface area contributed by atoms with Crippen LogP contribution in [0, 0.1) is 5.82 Å². The molecule has 0 aliphatic carbocycles. The number of nitrogens with zero attached hydrogens (tertiary/aromatic N) is 2. The minimum absolute atomic E-state index is 0.211. The molecule has 1 unspecified atom stereocenters. The Kier molecular flexibility index (Phi) is 4.45. The molecule has 106 valence electrons. The largest absolute Gasteiger partial charge is 0.352 e. The molecule has 1 aromatic heterocycles. The summed E-state index contributed by atoms with van der Waals surface area (Å²) in [5.74, 6) is 0.0639. The van der Waals surface area contributed by atoms with E-state index in [1.54, 1.807) is 12.1 Å². The first-order valence-corrected chi connectivity index (χ1v) is 6.55. The van der Waals surface area contributed by atoms with Crippen molar-refractivity contribution in [3.05, 3.63) is 51.7 Å². The number of H-pyrrole nitrogens is 1. The summed E-state index contributed by atoms with van der Waals surface area (Å²) in [4.78, 5) is 14.6. The predicted molar refractivity (Wildman–Crippen MR) is 75.2 cm³/mol. The molecule has 2 N–H and O–H groups in total. The third kappa shape index (κ3) is 3.63. The molecule has 0 amide bonds. The number of hydrogen-bond acceptors (Lipinski definition) is 4. The van der Waals surface area contributed by atoms with Gasteiger partial charge in [0.05, 0.1) is 0 Å². The first kappa shape index (κ1) is 14.2. The van der Waals surface area contributed by atoms with Gasteiger partial charge in [-0.25, -0.2) is 4.39 Å². The number of benzene rings is 1. The third-order valence-corrected chi connectivity index (χ3v) is 3.05. The Morgan fingerprint density at radius 3 is 2.60 bits per heavy atom. The van der Waals surface area contributed by atoms with E-state index in [2.05, 4.69) is 20.5 Å². The molecule has 1 heterocycles. The van der Waals surface area contributed by atoms with E-state index < -0.39 is 0 Å². The van der Waals surface area contributed by atoms with E-state index in [-0.39, 0.29) is 17.4 Å². The molecule has 5 nitrogen and oxygen atoms in total. The van der Waals surface area contributed by atoms with E-state index in [1.807, 2.05) is 13.8 Å². The Morgan fingerprint density at radius 2 is 2.00 bits per heavy atom. The summed E-state index contributed by atoms with van der Waals surface area (Å²) >= 11 is 0. The Morgan fingerprint density at radius 1 is 1.30 bits per heavy atom. The lowest BCUT2D eigenvalue weighted by atomic mass is 10.1. The molecule has 0 spiro atoms. The smallest absolute Gasteiger partial charge is 0.274 e. The molecule has 0 aliphatic heterocycles. The highest BCUT2D eigenvalue weighted by atomic mass is 19.1. The van der Waals surface area contributed by atoms with Crippen LogP contribution in [-0.4, -0.2) is 21.2 Å². The molecule has 1 atom stereocenters. The van der Waals surface area contributed by atoms with Crippen molar-refractivity contribution in [1.82, 2.24) is 15.2 Å². The SMILES string of the molecule is CCC(C)Nc1nnc(Cc2ccc(F)cc2)c(=O)[nH]1. The van der Waals surface area contributed by atoms with Crippen LogP contribution in [0.1, 0.15) is 31.5 Å². The summed E-state index contributed by atoms with van der Waals surface area (Å²) < 4.78 is 12.8. The maximum Gasteiger partial charge on any atom is 0.274 e. The van der Waals surface area contributed by atoms with Crippen LogP contribution in [0.5, 0.6) is 0 Å². The fourth-order valence-corrected chi connectivity index (χ4v) is 1.67. The quantitative estimate of drug-likeness (QED) is 0.877. The number of aromatic nitrogens is 3. The van der Waals surface area contributed by atoms with Gasteiger partial charge in [0.15, 0.2) is 0 Å². The minimum atomic E-state index is -0.304. The molecular formula is C14H17FN4O. The minimum Gasteiger partial charge on any atom is -0.352 e. The second-order valence-electron chi connectivity index (χ2n) is 4.71. The average Bonchev–Trinajstić information content (AvgIpc) is 2.44. The van der Waals surface area contributed by atoms with Gasteiger partial charge in [0, 0.05) is 12.5 Å².